The molecule has 0 aliphatic carbocycles. The van der Waals surface area contributed by atoms with Gasteiger partial charge in [0.15, 0.2) is 11.5 Å². The second kappa shape index (κ2) is 11.5. The number of fused-ring (bicyclic) bond motifs is 5. The number of carbonyl (C=O) groups is 1. The molecule has 0 radical (unpaired) electrons. The molecule has 0 unspecified atom stereocenters. The summed E-state index contributed by atoms with van der Waals surface area (Å²) in [5, 5.41) is 0.293. The number of halogens is 2. The van der Waals surface area contributed by atoms with Gasteiger partial charge in [-0.15, -0.1) is 0 Å². The molecule has 5 heterocycles. The lowest BCUT2D eigenvalue weighted by atomic mass is 10.0. The Balaban J connectivity index is 1.67. The van der Waals surface area contributed by atoms with E-state index in [-0.39, 0.29) is 40.4 Å². The summed E-state index contributed by atoms with van der Waals surface area (Å²) in [5.41, 5.74) is 1.28. The number of piperazine rings is 1. The van der Waals surface area contributed by atoms with Crippen molar-refractivity contribution in [3.63, 3.8) is 0 Å². The van der Waals surface area contributed by atoms with Crippen LogP contribution in [0.3, 0.4) is 0 Å². The molecule has 3 aromatic heterocycles. The molecule has 43 heavy (non-hydrogen) atoms. The van der Waals surface area contributed by atoms with E-state index in [1.54, 1.807) is 17.2 Å². The minimum Gasteiger partial charge on any atom is -0.493 e. The molecule has 1 atom stereocenters. The first-order valence-electron chi connectivity index (χ1n) is 14.5. The molecule has 2 aliphatic heterocycles. The molecule has 0 saturated carbocycles. The second-order valence-electron chi connectivity index (χ2n) is 10.8. The van der Waals surface area contributed by atoms with Gasteiger partial charge in [-0.3, -0.25) is 9.78 Å². The van der Waals surface area contributed by atoms with Crippen molar-refractivity contribution in [2.75, 3.05) is 31.1 Å². The van der Waals surface area contributed by atoms with Gasteiger partial charge in [-0.05, 0) is 68.5 Å². The number of nitrogens with zero attached hydrogens (tertiary/aromatic N) is 6. The maximum absolute atomic E-state index is 16.1. The topological polar surface area (TPSA) is 93.5 Å². The highest BCUT2D eigenvalue weighted by molar-refractivity contribution is 5.91. The van der Waals surface area contributed by atoms with Crippen molar-refractivity contribution in [1.29, 1.82) is 0 Å². The molecule has 6 rings (SSSR count). The number of pyridine rings is 2. The van der Waals surface area contributed by atoms with Crippen molar-refractivity contribution < 1.29 is 18.3 Å². The van der Waals surface area contributed by atoms with Gasteiger partial charge in [0.25, 0.3) is 0 Å². The fraction of sp³-hybridized carbons (Fsp3) is 0.344. The summed E-state index contributed by atoms with van der Waals surface area (Å²) in [6, 6.07) is 7.23. The molecule has 2 aliphatic rings. The van der Waals surface area contributed by atoms with E-state index in [0.29, 0.717) is 62.3 Å². The lowest BCUT2D eigenvalue weighted by Gasteiger charge is -2.40. The third kappa shape index (κ3) is 5.02. The number of aromatic nitrogens is 4. The van der Waals surface area contributed by atoms with Crippen LogP contribution >= 0.6 is 0 Å². The summed E-state index contributed by atoms with van der Waals surface area (Å²) < 4.78 is 38.8. The van der Waals surface area contributed by atoms with Crippen molar-refractivity contribution >= 4 is 22.8 Å². The van der Waals surface area contributed by atoms with Gasteiger partial charge in [-0.2, -0.15) is 4.98 Å². The normalized spacial score (nSPS) is 16.9. The maximum Gasteiger partial charge on any atom is 0.355 e. The van der Waals surface area contributed by atoms with Gasteiger partial charge in [-0.1, -0.05) is 19.6 Å². The Labute approximate surface area is 247 Å². The van der Waals surface area contributed by atoms with Crippen molar-refractivity contribution in [2.45, 2.75) is 45.6 Å². The average molecular weight is 587 g/mol. The second-order valence-corrected chi connectivity index (χ2v) is 10.8. The first kappa shape index (κ1) is 28.4. The molecule has 9 nitrogen and oxygen atoms in total. The minimum absolute atomic E-state index is 0.106. The fourth-order valence-electron chi connectivity index (χ4n) is 6.03. The van der Waals surface area contributed by atoms with E-state index in [0.717, 1.165) is 12.0 Å². The highest BCUT2D eigenvalue weighted by Gasteiger charge is 2.31. The van der Waals surface area contributed by atoms with Crippen LogP contribution in [0.4, 0.5) is 14.6 Å². The lowest BCUT2D eigenvalue weighted by molar-refractivity contribution is -0.126. The Morgan fingerprint density at radius 2 is 2.00 bits per heavy atom. The summed E-state index contributed by atoms with van der Waals surface area (Å²) in [4.78, 5) is 43.7. The SMILES string of the molecule is C=CC(=O)N1CCN(c2nc(=O)n3c4nc(c(F)cc24)-c2c(F)cccc2OCCCCc2ccnc(CC)c2-3)[C@@H](C)C1. The van der Waals surface area contributed by atoms with Gasteiger partial charge < -0.3 is 14.5 Å². The Morgan fingerprint density at radius 3 is 2.77 bits per heavy atom. The van der Waals surface area contributed by atoms with Gasteiger partial charge in [0.2, 0.25) is 5.91 Å². The number of carbonyl (C=O) groups excluding carboxylic acids is 1. The smallest absolute Gasteiger partial charge is 0.355 e. The predicted octanol–water partition coefficient (Wildman–Crippen LogP) is 4.62. The highest BCUT2D eigenvalue weighted by Crippen LogP contribution is 2.37. The maximum atomic E-state index is 16.1. The largest absolute Gasteiger partial charge is 0.493 e. The van der Waals surface area contributed by atoms with Crippen LogP contribution in [0.25, 0.3) is 28.0 Å². The van der Waals surface area contributed by atoms with Crippen LogP contribution in [0, 0.1) is 11.6 Å². The number of amides is 1. The Hall–Kier alpha value is -4.67. The van der Waals surface area contributed by atoms with Crippen molar-refractivity contribution in [3.8, 4) is 22.7 Å². The highest BCUT2D eigenvalue weighted by atomic mass is 19.1. The molecule has 222 valence electrons. The van der Waals surface area contributed by atoms with Crippen LogP contribution in [0.15, 0.2) is 54.0 Å². The molecule has 1 aromatic carbocycles. The van der Waals surface area contributed by atoms with Crippen molar-refractivity contribution in [2.24, 2.45) is 0 Å². The van der Waals surface area contributed by atoms with Gasteiger partial charge in [0, 0.05) is 31.9 Å². The number of hydrogen-bond acceptors (Lipinski definition) is 7. The summed E-state index contributed by atoms with van der Waals surface area (Å²) >= 11 is 0. The molecule has 0 spiro atoms. The van der Waals surface area contributed by atoms with Gasteiger partial charge in [-0.25, -0.2) is 23.1 Å². The first-order valence-corrected chi connectivity index (χ1v) is 14.5. The zero-order valence-electron chi connectivity index (χ0n) is 24.1. The quantitative estimate of drug-likeness (QED) is 0.324. The number of rotatable bonds is 3. The third-order valence-electron chi connectivity index (χ3n) is 8.14. The molecule has 1 fully saturated rings. The van der Waals surface area contributed by atoms with Crippen LogP contribution in [0.5, 0.6) is 5.75 Å². The average Bonchev–Trinajstić information content (AvgIpc) is 3.01. The zero-order chi connectivity index (χ0) is 30.2. The molecular formula is C32H32F2N6O3. The third-order valence-corrected chi connectivity index (χ3v) is 8.14. The molecule has 11 heteroatoms. The Kier molecular flexibility index (Phi) is 7.64. The van der Waals surface area contributed by atoms with Gasteiger partial charge in [0.1, 0.15) is 23.1 Å². The number of aryl methyl sites for hydroxylation is 2. The molecule has 1 amide bonds. The van der Waals surface area contributed by atoms with Gasteiger partial charge in [0.05, 0.1) is 28.9 Å². The van der Waals surface area contributed by atoms with E-state index < -0.39 is 17.3 Å². The molecule has 1 saturated heterocycles. The number of hydrogen-bond donors (Lipinski definition) is 0. The van der Waals surface area contributed by atoms with E-state index in [1.807, 2.05) is 24.8 Å². The van der Waals surface area contributed by atoms with E-state index in [4.69, 9.17) is 4.74 Å². The van der Waals surface area contributed by atoms with Crippen LogP contribution in [-0.2, 0) is 17.6 Å². The van der Waals surface area contributed by atoms with E-state index in [9.17, 15) is 9.59 Å². The summed E-state index contributed by atoms with van der Waals surface area (Å²) in [5.74, 6) is -1.22. The number of anilines is 1. The monoisotopic (exact) mass is 586 g/mol. The minimum atomic E-state index is -0.777. The van der Waals surface area contributed by atoms with Crippen molar-refractivity contribution in [1.82, 2.24) is 24.4 Å². The van der Waals surface area contributed by atoms with Crippen LogP contribution in [0.2, 0.25) is 0 Å². The first-order chi connectivity index (χ1) is 20.8. The van der Waals surface area contributed by atoms with Gasteiger partial charge >= 0.3 is 5.69 Å². The van der Waals surface area contributed by atoms with E-state index >= 15 is 8.78 Å². The number of ether oxygens (including phenoxy) is 1. The molecule has 0 N–H and O–H groups in total. The van der Waals surface area contributed by atoms with Crippen LogP contribution < -0.4 is 15.3 Å². The number of benzene rings is 1. The lowest BCUT2D eigenvalue weighted by Crippen LogP contribution is -2.54. The summed E-state index contributed by atoms with van der Waals surface area (Å²) in [6.07, 6.45) is 5.54. The van der Waals surface area contributed by atoms with E-state index in [1.165, 1.54) is 28.8 Å². The fourth-order valence-corrected chi connectivity index (χ4v) is 6.03. The predicted molar refractivity (Wildman–Crippen MR) is 160 cm³/mol. The van der Waals surface area contributed by atoms with Crippen molar-refractivity contribution in [3.05, 3.63) is 82.6 Å². The Morgan fingerprint density at radius 1 is 1.16 bits per heavy atom. The van der Waals surface area contributed by atoms with E-state index in [2.05, 4.69) is 21.5 Å². The van der Waals surface area contributed by atoms with Crippen LogP contribution in [-0.4, -0.2) is 62.6 Å². The van der Waals surface area contributed by atoms with Crippen LogP contribution in [0.1, 0.15) is 37.9 Å². The zero-order valence-corrected chi connectivity index (χ0v) is 24.1. The molecular weight excluding hydrogens is 554 g/mol. The summed E-state index contributed by atoms with van der Waals surface area (Å²) in [6.45, 7) is 8.84. The Bertz CT molecular complexity index is 1810. The summed E-state index contributed by atoms with van der Waals surface area (Å²) in [7, 11) is 0. The standard InChI is InChI=1S/C32H32F2N6O3/c1-4-24-29-20(12-13-35-24)9-6-7-16-43-25-11-8-10-22(33)27(25)28-23(34)17-21-30(37-32(42)40(29)31(21)36-28)39-15-14-38(18-19(39)3)26(41)5-2/h5,8,10-13,17,19H,2,4,6-7,9,14-16,18H2,1,3H3/t19-/m0/s1. The molecule has 2 bridgehead atoms. The molecule has 4 aromatic rings.